The van der Waals surface area contributed by atoms with E-state index in [4.69, 9.17) is 0 Å². The number of carbonyl (C=O) groups excluding carboxylic acids is 2. The van der Waals surface area contributed by atoms with E-state index in [-0.39, 0.29) is 11.3 Å². The third-order valence-corrected chi connectivity index (χ3v) is 5.49. The Hall–Kier alpha value is -3.81. The third kappa shape index (κ3) is 5.52. The van der Waals surface area contributed by atoms with Crippen LogP contribution in [0.1, 0.15) is 31.8 Å². The number of alkyl halides is 3. The summed E-state index contributed by atoms with van der Waals surface area (Å²) in [5.74, 6) is -1.37. The number of hydrogen-bond donors (Lipinski definition) is 2. The molecule has 0 aromatic heterocycles. The molecule has 2 amide bonds. The SMILES string of the molecule is O=C(Nc1ccccc1C(=O)NCC(F)(F)F)c1ccc(N2CCc3ccccc3C2)cc1. The van der Waals surface area contributed by atoms with Gasteiger partial charge in [0, 0.05) is 24.3 Å². The number of hydrogen-bond acceptors (Lipinski definition) is 3. The van der Waals surface area contributed by atoms with Gasteiger partial charge in [0.25, 0.3) is 11.8 Å². The number of halogens is 3. The summed E-state index contributed by atoms with van der Waals surface area (Å²) in [6, 6.07) is 21.4. The molecule has 0 saturated carbocycles. The lowest BCUT2D eigenvalue weighted by molar-refractivity contribution is -0.123. The van der Waals surface area contributed by atoms with E-state index >= 15 is 0 Å². The molecule has 0 saturated heterocycles. The zero-order chi connectivity index (χ0) is 23.4. The van der Waals surface area contributed by atoms with Crippen LogP contribution in [0.3, 0.4) is 0 Å². The maximum atomic E-state index is 12.7. The van der Waals surface area contributed by atoms with Crippen molar-refractivity contribution in [2.75, 3.05) is 23.3 Å². The van der Waals surface area contributed by atoms with Crippen molar-refractivity contribution in [1.82, 2.24) is 5.32 Å². The highest BCUT2D eigenvalue weighted by molar-refractivity contribution is 6.09. The molecular formula is C25H22F3N3O2. The molecule has 0 aliphatic carbocycles. The second-order valence-corrected chi connectivity index (χ2v) is 7.78. The molecule has 0 atom stereocenters. The molecule has 4 rings (SSSR count). The number of nitrogens with zero attached hydrogens (tertiary/aromatic N) is 1. The molecule has 1 heterocycles. The van der Waals surface area contributed by atoms with Gasteiger partial charge in [-0.3, -0.25) is 9.59 Å². The lowest BCUT2D eigenvalue weighted by atomic mass is 9.99. The van der Waals surface area contributed by atoms with Crippen LogP contribution >= 0.6 is 0 Å². The van der Waals surface area contributed by atoms with Gasteiger partial charge in [-0.1, -0.05) is 36.4 Å². The van der Waals surface area contributed by atoms with Crippen LogP contribution in [0.5, 0.6) is 0 Å². The molecule has 3 aromatic rings. The van der Waals surface area contributed by atoms with Crippen LogP contribution in [0.4, 0.5) is 24.5 Å². The van der Waals surface area contributed by atoms with Crippen molar-refractivity contribution >= 4 is 23.2 Å². The molecule has 33 heavy (non-hydrogen) atoms. The van der Waals surface area contributed by atoms with Gasteiger partial charge in [-0.2, -0.15) is 13.2 Å². The number of para-hydroxylation sites is 1. The molecule has 5 nitrogen and oxygen atoms in total. The quantitative estimate of drug-likeness (QED) is 0.584. The first kappa shape index (κ1) is 22.4. The van der Waals surface area contributed by atoms with Gasteiger partial charge in [0.15, 0.2) is 0 Å². The van der Waals surface area contributed by atoms with Gasteiger partial charge < -0.3 is 15.5 Å². The van der Waals surface area contributed by atoms with Gasteiger partial charge in [0.05, 0.1) is 11.3 Å². The second kappa shape index (κ2) is 9.36. The monoisotopic (exact) mass is 453 g/mol. The molecule has 0 fully saturated rings. The molecule has 0 unspecified atom stereocenters. The van der Waals surface area contributed by atoms with Crippen LogP contribution in [0, 0.1) is 0 Å². The smallest absolute Gasteiger partial charge is 0.367 e. The number of benzene rings is 3. The second-order valence-electron chi connectivity index (χ2n) is 7.78. The van der Waals surface area contributed by atoms with Crippen molar-refractivity contribution in [1.29, 1.82) is 0 Å². The number of fused-ring (bicyclic) bond motifs is 1. The van der Waals surface area contributed by atoms with Crippen molar-refractivity contribution in [2.45, 2.75) is 19.1 Å². The van der Waals surface area contributed by atoms with Crippen LogP contribution in [-0.4, -0.2) is 31.1 Å². The normalized spacial score (nSPS) is 13.2. The Morgan fingerprint density at radius 2 is 1.52 bits per heavy atom. The Labute approximate surface area is 189 Å². The lowest BCUT2D eigenvalue weighted by Gasteiger charge is -2.30. The summed E-state index contributed by atoms with van der Waals surface area (Å²) in [5.41, 5.74) is 4.10. The summed E-state index contributed by atoms with van der Waals surface area (Å²) in [5, 5.41) is 4.44. The van der Waals surface area contributed by atoms with E-state index in [2.05, 4.69) is 22.3 Å². The molecular weight excluding hydrogens is 431 g/mol. The fourth-order valence-corrected chi connectivity index (χ4v) is 3.80. The first-order valence-corrected chi connectivity index (χ1v) is 10.5. The predicted molar refractivity (Wildman–Crippen MR) is 120 cm³/mol. The topological polar surface area (TPSA) is 61.4 Å². The predicted octanol–water partition coefficient (Wildman–Crippen LogP) is 4.79. The molecule has 1 aliphatic rings. The van der Waals surface area contributed by atoms with Crippen molar-refractivity contribution in [3.05, 3.63) is 95.1 Å². The molecule has 0 bridgehead atoms. The zero-order valence-electron chi connectivity index (χ0n) is 17.7. The lowest BCUT2D eigenvalue weighted by Crippen LogP contribution is -2.34. The summed E-state index contributed by atoms with van der Waals surface area (Å²) in [4.78, 5) is 27.1. The molecule has 0 spiro atoms. The van der Waals surface area contributed by atoms with E-state index in [1.54, 1.807) is 18.2 Å². The Morgan fingerprint density at radius 1 is 0.848 bits per heavy atom. The average molecular weight is 453 g/mol. The largest absolute Gasteiger partial charge is 0.405 e. The third-order valence-electron chi connectivity index (χ3n) is 5.49. The minimum atomic E-state index is -4.52. The van der Waals surface area contributed by atoms with Crippen LogP contribution in [0.2, 0.25) is 0 Å². The summed E-state index contributed by atoms with van der Waals surface area (Å²) in [7, 11) is 0. The van der Waals surface area contributed by atoms with Gasteiger partial charge in [0.1, 0.15) is 6.54 Å². The maximum Gasteiger partial charge on any atom is 0.405 e. The molecule has 170 valence electrons. The fraction of sp³-hybridized carbons (Fsp3) is 0.200. The summed E-state index contributed by atoms with van der Waals surface area (Å²) in [6.07, 6.45) is -3.57. The van der Waals surface area contributed by atoms with Gasteiger partial charge in [-0.05, 0) is 53.9 Å². The van der Waals surface area contributed by atoms with Gasteiger partial charge >= 0.3 is 6.18 Å². The number of amides is 2. The number of anilines is 2. The van der Waals surface area contributed by atoms with Crippen molar-refractivity contribution < 1.29 is 22.8 Å². The van der Waals surface area contributed by atoms with E-state index in [1.165, 1.54) is 29.3 Å². The summed E-state index contributed by atoms with van der Waals surface area (Å²) < 4.78 is 37.2. The van der Waals surface area contributed by atoms with E-state index in [9.17, 15) is 22.8 Å². The number of nitrogens with one attached hydrogen (secondary N) is 2. The highest BCUT2D eigenvalue weighted by atomic mass is 19.4. The zero-order valence-corrected chi connectivity index (χ0v) is 17.7. The molecule has 0 radical (unpaired) electrons. The van der Waals surface area contributed by atoms with E-state index in [0.717, 1.165) is 25.2 Å². The molecule has 8 heteroatoms. The minimum Gasteiger partial charge on any atom is -0.367 e. The van der Waals surface area contributed by atoms with Gasteiger partial charge in [0.2, 0.25) is 0 Å². The van der Waals surface area contributed by atoms with Crippen LogP contribution < -0.4 is 15.5 Å². The Bertz CT molecular complexity index is 1160. The minimum absolute atomic E-state index is 0.0429. The van der Waals surface area contributed by atoms with Crippen LogP contribution in [0.25, 0.3) is 0 Å². The van der Waals surface area contributed by atoms with Crippen LogP contribution in [0.15, 0.2) is 72.8 Å². The van der Waals surface area contributed by atoms with E-state index in [1.807, 2.05) is 29.6 Å². The maximum absolute atomic E-state index is 12.7. The summed E-state index contributed by atoms with van der Waals surface area (Å²) >= 11 is 0. The first-order valence-electron chi connectivity index (χ1n) is 10.5. The van der Waals surface area contributed by atoms with E-state index < -0.39 is 24.5 Å². The first-order chi connectivity index (χ1) is 15.8. The molecule has 2 N–H and O–H groups in total. The van der Waals surface area contributed by atoms with Crippen molar-refractivity contribution in [3.8, 4) is 0 Å². The molecule has 3 aromatic carbocycles. The Kier molecular flexibility index (Phi) is 6.35. The Morgan fingerprint density at radius 3 is 2.24 bits per heavy atom. The van der Waals surface area contributed by atoms with E-state index in [0.29, 0.717) is 5.56 Å². The average Bonchev–Trinajstić information content (AvgIpc) is 2.82. The highest BCUT2D eigenvalue weighted by Crippen LogP contribution is 2.25. The summed E-state index contributed by atoms with van der Waals surface area (Å²) in [6.45, 7) is 0.224. The van der Waals surface area contributed by atoms with Gasteiger partial charge in [-0.15, -0.1) is 0 Å². The Balaban J connectivity index is 1.43. The highest BCUT2D eigenvalue weighted by Gasteiger charge is 2.28. The van der Waals surface area contributed by atoms with Gasteiger partial charge in [-0.25, -0.2) is 0 Å². The fourth-order valence-electron chi connectivity index (χ4n) is 3.80. The number of rotatable bonds is 5. The number of carbonyl (C=O) groups is 2. The van der Waals surface area contributed by atoms with Crippen molar-refractivity contribution in [3.63, 3.8) is 0 Å². The molecule has 1 aliphatic heterocycles. The standard InChI is InChI=1S/C25H22F3N3O2/c26-25(27,28)16-29-24(33)21-7-3-4-8-22(21)30-23(32)18-9-11-20(12-10-18)31-14-13-17-5-1-2-6-19(17)15-31/h1-12H,13-16H2,(H,29,33)(H,30,32). The van der Waals surface area contributed by atoms with Crippen LogP contribution in [-0.2, 0) is 13.0 Å². The van der Waals surface area contributed by atoms with Crippen molar-refractivity contribution in [2.24, 2.45) is 0 Å².